The average Bonchev–Trinajstić information content (AvgIpc) is 2.69. The summed E-state index contributed by atoms with van der Waals surface area (Å²) in [5.41, 5.74) is 1.20. The minimum absolute atomic E-state index is 0. The summed E-state index contributed by atoms with van der Waals surface area (Å²) in [4.78, 5) is 11.9. The van der Waals surface area contributed by atoms with Crippen LogP contribution in [0.15, 0.2) is 34.7 Å². The largest absolute Gasteiger partial charge is 1.00 e. The van der Waals surface area contributed by atoms with Crippen molar-refractivity contribution in [1.82, 2.24) is 0 Å². The number of carboxylic acids is 1. The maximum Gasteiger partial charge on any atom is 1.00 e. The SMILES string of the molecule is O=C(O)c1ccc(F)cc1-c1c2cc(I)c(O)c(I)c2[o+]c2c(I)c(O)c(I)cc12.[Na+]. The molecule has 3 N–H and O–H groups in total. The first kappa shape index (κ1) is 25.9. The Morgan fingerprint density at radius 3 is 1.81 bits per heavy atom. The van der Waals surface area contributed by atoms with Gasteiger partial charge in [0.2, 0.25) is 0 Å². The number of carboxylic acid groups (broad SMARTS) is 1. The third-order valence-electron chi connectivity index (χ3n) is 4.52. The number of aromatic carboxylic acids is 1. The Morgan fingerprint density at radius 2 is 1.35 bits per heavy atom. The second-order valence-electron chi connectivity index (χ2n) is 6.27. The van der Waals surface area contributed by atoms with Crippen LogP contribution in [0.4, 0.5) is 4.39 Å². The number of phenolic OH excluding ortho intramolecular Hbond substituents is 2. The van der Waals surface area contributed by atoms with Gasteiger partial charge in [-0.05, 0) is 121 Å². The number of phenols is 2. The van der Waals surface area contributed by atoms with Crippen LogP contribution in [-0.4, -0.2) is 21.3 Å². The van der Waals surface area contributed by atoms with Crippen LogP contribution in [0.25, 0.3) is 33.1 Å². The molecule has 5 nitrogen and oxygen atoms in total. The Morgan fingerprint density at radius 1 is 0.871 bits per heavy atom. The van der Waals surface area contributed by atoms with Crippen molar-refractivity contribution in [2.75, 3.05) is 0 Å². The van der Waals surface area contributed by atoms with E-state index < -0.39 is 11.8 Å². The zero-order valence-electron chi connectivity index (χ0n) is 15.4. The van der Waals surface area contributed by atoms with Crippen molar-refractivity contribution in [3.8, 4) is 22.6 Å². The van der Waals surface area contributed by atoms with Crippen LogP contribution in [0.2, 0.25) is 0 Å². The van der Waals surface area contributed by atoms with Crippen molar-refractivity contribution in [1.29, 1.82) is 0 Å². The minimum atomic E-state index is -1.20. The smallest absolute Gasteiger partial charge is 0.505 e. The van der Waals surface area contributed by atoms with Gasteiger partial charge in [0.15, 0.2) is 18.6 Å². The fourth-order valence-electron chi connectivity index (χ4n) is 3.20. The monoisotopic (exact) mass is 878 g/mol. The van der Waals surface area contributed by atoms with Crippen LogP contribution in [-0.2, 0) is 0 Å². The predicted molar refractivity (Wildman–Crippen MR) is 145 cm³/mol. The molecule has 0 unspecified atom stereocenters. The van der Waals surface area contributed by atoms with Crippen LogP contribution in [0, 0.1) is 20.1 Å². The van der Waals surface area contributed by atoms with Crippen molar-refractivity contribution < 1.29 is 58.5 Å². The summed E-state index contributed by atoms with van der Waals surface area (Å²) in [6, 6.07) is 6.85. The molecule has 11 heteroatoms. The van der Waals surface area contributed by atoms with Crippen LogP contribution in [0.5, 0.6) is 11.5 Å². The molecule has 0 fully saturated rings. The minimum Gasteiger partial charge on any atom is -0.505 e. The molecule has 0 radical (unpaired) electrons. The molecular formula is C20H8FI4NaO5+2. The van der Waals surface area contributed by atoms with Gasteiger partial charge in [-0.1, -0.05) is 0 Å². The van der Waals surface area contributed by atoms with E-state index in [9.17, 15) is 24.5 Å². The number of rotatable bonds is 2. The number of hydrogen-bond acceptors (Lipinski definition) is 3. The zero-order valence-corrected chi connectivity index (χ0v) is 26.1. The summed E-state index contributed by atoms with van der Waals surface area (Å²) in [6.45, 7) is 0. The molecule has 0 amide bonds. The van der Waals surface area contributed by atoms with E-state index in [-0.39, 0.29) is 52.2 Å². The third-order valence-corrected chi connectivity index (χ3v) is 8.17. The Bertz CT molecular complexity index is 1340. The van der Waals surface area contributed by atoms with Crippen LogP contribution < -0.4 is 29.6 Å². The van der Waals surface area contributed by atoms with Crippen LogP contribution in [0.1, 0.15) is 10.4 Å². The van der Waals surface area contributed by atoms with Gasteiger partial charge in [0, 0.05) is 11.1 Å². The molecule has 0 spiro atoms. The number of fused-ring (bicyclic) bond motifs is 2. The van der Waals surface area contributed by atoms with E-state index >= 15 is 0 Å². The second kappa shape index (κ2) is 9.85. The van der Waals surface area contributed by atoms with Gasteiger partial charge in [0.25, 0.3) is 0 Å². The maximum atomic E-state index is 14.2. The fraction of sp³-hybridized carbons (Fsp3) is 0. The number of aromatic hydroxyl groups is 2. The van der Waals surface area contributed by atoms with E-state index in [2.05, 4.69) is 0 Å². The Hall–Kier alpha value is 0.250. The molecule has 3 aromatic carbocycles. The molecule has 0 saturated heterocycles. The fourth-order valence-corrected chi connectivity index (χ4v) is 6.78. The van der Waals surface area contributed by atoms with Crippen molar-refractivity contribution in [2.45, 2.75) is 0 Å². The summed E-state index contributed by atoms with van der Waals surface area (Å²) in [7, 11) is 0. The third kappa shape index (κ3) is 4.50. The van der Waals surface area contributed by atoms with Crippen LogP contribution >= 0.6 is 90.4 Å². The molecule has 4 rings (SSSR count). The first-order valence-corrected chi connectivity index (χ1v) is 12.4. The Labute approximate surface area is 251 Å². The number of benzene rings is 3. The van der Waals surface area contributed by atoms with E-state index in [0.29, 0.717) is 41.8 Å². The molecule has 0 saturated carbocycles. The summed E-state index contributed by atoms with van der Waals surface area (Å²) in [6.07, 6.45) is 0. The molecule has 0 atom stereocenters. The van der Waals surface area contributed by atoms with Gasteiger partial charge in [0.1, 0.15) is 5.82 Å². The standard InChI is InChI=1S/C20H7FI4O5.Na/c21-6-1-2-7(20(28)29)8(3-6)13-9-4-11(22)16(26)14(24)18(9)30-19-10(13)5-12(23)17(27)15(19)25;/h1-5H,(H2-,26,27,28,29);/q;+1/p+1. The van der Waals surface area contributed by atoms with Gasteiger partial charge in [-0.15, -0.1) is 0 Å². The topological polar surface area (TPSA) is 89.1 Å². The van der Waals surface area contributed by atoms with Gasteiger partial charge in [-0.2, -0.15) is 0 Å². The number of hydrogen-bond donors (Lipinski definition) is 3. The molecular weight excluding hydrogens is 870 g/mol. The van der Waals surface area contributed by atoms with E-state index in [0.717, 1.165) is 6.07 Å². The van der Waals surface area contributed by atoms with E-state index in [1.807, 2.05) is 90.4 Å². The Balaban J connectivity index is 0.00000272. The molecule has 0 aliphatic rings. The van der Waals surface area contributed by atoms with Crippen LogP contribution in [0.3, 0.4) is 0 Å². The number of carbonyl (C=O) groups is 1. The van der Waals surface area contributed by atoms with Gasteiger partial charge in [-0.3, -0.25) is 0 Å². The predicted octanol–water partition coefficient (Wildman–Crippen LogP) is 4.21. The molecule has 152 valence electrons. The molecule has 0 aliphatic heterocycles. The molecule has 0 bridgehead atoms. The van der Waals surface area contributed by atoms with Gasteiger partial charge >= 0.3 is 46.7 Å². The van der Waals surface area contributed by atoms with E-state index in [4.69, 9.17) is 4.42 Å². The molecule has 4 aromatic rings. The second-order valence-corrected chi connectivity index (χ2v) is 10.7. The summed E-state index contributed by atoms with van der Waals surface area (Å²) in [5.74, 6) is -1.72. The zero-order chi connectivity index (χ0) is 21.9. The van der Waals surface area contributed by atoms with Crippen molar-refractivity contribution in [2.24, 2.45) is 0 Å². The van der Waals surface area contributed by atoms with Gasteiger partial charge in [-0.25, -0.2) is 13.6 Å². The quantitative estimate of drug-likeness (QED) is 0.122. The normalized spacial score (nSPS) is 11.0. The van der Waals surface area contributed by atoms with Crippen molar-refractivity contribution in [3.63, 3.8) is 0 Å². The molecule has 1 heterocycles. The van der Waals surface area contributed by atoms with E-state index in [1.165, 1.54) is 12.1 Å². The molecule has 0 aliphatic carbocycles. The average molecular weight is 878 g/mol. The number of halogens is 5. The first-order chi connectivity index (χ1) is 14.1. The van der Waals surface area contributed by atoms with Crippen molar-refractivity contribution in [3.05, 3.63) is 56.0 Å². The summed E-state index contributed by atoms with van der Waals surface area (Å²) in [5, 5.41) is 31.6. The molecule has 31 heavy (non-hydrogen) atoms. The summed E-state index contributed by atoms with van der Waals surface area (Å²) >= 11 is 7.85. The summed E-state index contributed by atoms with van der Waals surface area (Å²) < 4.78 is 22.3. The maximum absolute atomic E-state index is 14.2. The van der Waals surface area contributed by atoms with Gasteiger partial charge < -0.3 is 15.3 Å². The molecule has 1 aromatic heterocycles. The Kier molecular flexibility index (Phi) is 8.22. The van der Waals surface area contributed by atoms with Crippen molar-refractivity contribution >= 4 is 118 Å². The van der Waals surface area contributed by atoms with E-state index in [1.54, 1.807) is 12.1 Å². The first-order valence-electron chi connectivity index (χ1n) is 8.12. The van der Waals surface area contributed by atoms with Gasteiger partial charge in [0.05, 0.1) is 23.5 Å².